The van der Waals surface area contributed by atoms with Gasteiger partial charge in [0.05, 0.1) is 24.6 Å². The van der Waals surface area contributed by atoms with Crippen LogP contribution in [0.3, 0.4) is 0 Å². The molecule has 1 aliphatic heterocycles. The van der Waals surface area contributed by atoms with Gasteiger partial charge in [-0.3, -0.25) is 14.4 Å². The lowest BCUT2D eigenvalue weighted by molar-refractivity contribution is -0.275. The van der Waals surface area contributed by atoms with Crippen molar-refractivity contribution < 1.29 is 37.0 Å². The number of nitrogens with zero attached hydrogens (tertiary/aromatic N) is 2. The van der Waals surface area contributed by atoms with Crippen LogP contribution < -0.4 is 14.8 Å². The Hall–Kier alpha value is -3.54. The molecule has 1 N–H and O–H groups in total. The minimum absolute atomic E-state index is 0.0897. The number of Topliss-reactive ketones (excluding diaryl/α,β-unsaturated/α-hetero) is 1. The molecule has 0 fully saturated rings. The summed E-state index contributed by atoms with van der Waals surface area (Å²) in [5.74, 6) is -1.96. The van der Waals surface area contributed by atoms with Crippen LogP contribution in [-0.2, 0) is 16.1 Å². The van der Waals surface area contributed by atoms with Crippen LogP contribution in [0, 0.1) is 0 Å². The van der Waals surface area contributed by atoms with Crippen molar-refractivity contribution in [2.24, 2.45) is 5.10 Å². The van der Waals surface area contributed by atoms with Gasteiger partial charge in [0.2, 0.25) is 5.78 Å². The van der Waals surface area contributed by atoms with Gasteiger partial charge in [-0.25, -0.2) is 5.01 Å². The number of amides is 2. The quantitative estimate of drug-likeness (QED) is 0.505. The Morgan fingerprint density at radius 3 is 2.40 bits per heavy atom. The van der Waals surface area contributed by atoms with Gasteiger partial charge in [0.15, 0.2) is 11.5 Å². The molecule has 0 saturated heterocycles. The number of thioether (sulfide) groups is 1. The number of hydrogen-bond acceptors (Lipinski definition) is 7. The van der Waals surface area contributed by atoms with Crippen molar-refractivity contribution in [2.45, 2.75) is 38.4 Å². The fourth-order valence-electron chi connectivity index (χ4n) is 3.22. The number of hydrazone groups is 1. The molecule has 0 bridgehead atoms. The highest BCUT2D eigenvalue weighted by Crippen LogP contribution is 2.36. The van der Waals surface area contributed by atoms with Crippen LogP contribution in [0.5, 0.6) is 11.5 Å². The first-order valence-corrected chi connectivity index (χ1v) is 11.3. The van der Waals surface area contributed by atoms with Crippen LogP contribution in [0.4, 0.5) is 23.7 Å². The van der Waals surface area contributed by atoms with Crippen molar-refractivity contribution in [3.05, 3.63) is 53.6 Å². The first kappa shape index (κ1) is 26.1. The number of ether oxygens (including phenoxy) is 2. The largest absolute Gasteiger partial charge is 0.573 e. The zero-order valence-electron chi connectivity index (χ0n) is 19.0. The first-order chi connectivity index (χ1) is 16.5. The standard InChI is InChI=1S/C23H22F3N3O5S/c1-4-19-20(15-7-10-17(33-3)18(11-15)34-23(24,25)26)28-29(22(32)35-19)12-14-5-8-16(9-6-14)27-21(31)13(2)30/h5-11,19H,4,12H2,1-3H3,(H,27,31). The van der Waals surface area contributed by atoms with Crippen LogP contribution in [-0.4, -0.2) is 46.4 Å². The number of halogens is 3. The van der Waals surface area contributed by atoms with Gasteiger partial charge < -0.3 is 14.8 Å². The van der Waals surface area contributed by atoms with E-state index >= 15 is 0 Å². The Bertz CT molecular complexity index is 1150. The van der Waals surface area contributed by atoms with Crippen LogP contribution in [0.1, 0.15) is 31.4 Å². The van der Waals surface area contributed by atoms with E-state index in [2.05, 4.69) is 15.2 Å². The van der Waals surface area contributed by atoms with Gasteiger partial charge in [-0.1, -0.05) is 30.8 Å². The number of methoxy groups -OCH3 is 1. The average Bonchev–Trinajstić information content (AvgIpc) is 2.80. The predicted octanol–water partition coefficient (Wildman–Crippen LogP) is 4.97. The van der Waals surface area contributed by atoms with E-state index in [9.17, 15) is 27.6 Å². The summed E-state index contributed by atoms with van der Waals surface area (Å²) in [5, 5.41) is 7.46. The third-order valence-electron chi connectivity index (χ3n) is 4.91. The summed E-state index contributed by atoms with van der Waals surface area (Å²) in [6.07, 6.45) is -4.38. The van der Waals surface area contributed by atoms with Gasteiger partial charge >= 0.3 is 11.6 Å². The van der Waals surface area contributed by atoms with Crippen molar-refractivity contribution in [3.8, 4) is 11.5 Å². The number of carbonyl (C=O) groups excluding carboxylic acids is 3. The van der Waals surface area contributed by atoms with E-state index in [0.29, 0.717) is 28.9 Å². The molecule has 186 valence electrons. The zero-order chi connectivity index (χ0) is 25.8. The third kappa shape index (κ3) is 6.75. The van der Waals surface area contributed by atoms with E-state index in [1.165, 1.54) is 24.3 Å². The van der Waals surface area contributed by atoms with Gasteiger partial charge in [-0.05, 0) is 42.3 Å². The summed E-state index contributed by atoms with van der Waals surface area (Å²) in [7, 11) is 1.23. The Kier molecular flexibility index (Phi) is 8.05. The molecule has 0 aromatic heterocycles. The Balaban J connectivity index is 1.88. The molecule has 1 heterocycles. The molecule has 0 spiro atoms. The number of carbonyl (C=O) groups is 3. The lowest BCUT2D eigenvalue weighted by atomic mass is 10.0. The maximum atomic E-state index is 12.9. The number of alkyl halides is 3. The van der Waals surface area contributed by atoms with Crippen molar-refractivity contribution in [1.82, 2.24) is 5.01 Å². The number of hydrogen-bond donors (Lipinski definition) is 1. The Labute approximate surface area is 203 Å². The molecular formula is C23H22F3N3O5S. The normalized spacial score (nSPS) is 15.9. The second-order valence-electron chi connectivity index (χ2n) is 7.44. The van der Waals surface area contributed by atoms with Crippen LogP contribution in [0.15, 0.2) is 47.6 Å². The average molecular weight is 510 g/mol. The summed E-state index contributed by atoms with van der Waals surface area (Å²) in [6, 6.07) is 10.6. The summed E-state index contributed by atoms with van der Waals surface area (Å²) >= 11 is 1.03. The number of benzene rings is 2. The van der Waals surface area contributed by atoms with Crippen LogP contribution >= 0.6 is 11.8 Å². The van der Waals surface area contributed by atoms with Gasteiger partial charge in [0.1, 0.15) is 0 Å². The first-order valence-electron chi connectivity index (χ1n) is 10.4. The molecule has 2 amide bonds. The van der Waals surface area contributed by atoms with E-state index in [1.807, 2.05) is 6.92 Å². The monoisotopic (exact) mass is 509 g/mol. The highest BCUT2D eigenvalue weighted by atomic mass is 32.2. The molecule has 35 heavy (non-hydrogen) atoms. The maximum absolute atomic E-state index is 12.9. The Morgan fingerprint density at radius 1 is 1.14 bits per heavy atom. The lowest BCUT2D eigenvalue weighted by Gasteiger charge is -2.28. The molecule has 1 atom stereocenters. The molecule has 8 nitrogen and oxygen atoms in total. The smallest absolute Gasteiger partial charge is 0.493 e. The molecule has 0 saturated carbocycles. The van der Waals surface area contributed by atoms with Crippen molar-refractivity contribution >= 4 is 40.1 Å². The molecule has 2 aromatic rings. The van der Waals surface area contributed by atoms with Crippen molar-refractivity contribution in [3.63, 3.8) is 0 Å². The topological polar surface area (TPSA) is 97.3 Å². The van der Waals surface area contributed by atoms with Crippen molar-refractivity contribution in [1.29, 1.82) is 0 Å². The minimum Gasteiger partial charge on any atom is -0.493 e. The van der Waals surface area contributed by atoms with E-state index in [-0.39, 0.29) is 22.8 Å². The van der Waals surface area contributed by atoms with Gasteiger partial charge in [0, 0.05) is 18.2 Å². The second kappa shape index (κ2) is 10.8. The zero-order valence-corrected chi connectivity index (χ0v) is 19.8. The van der Waals surface area contributed by atoms with E-state index in [0.717, 1.165) is 18.7 Å². The maximum Gasteiger partial charge on any atom is 0.573 e. The number of nitrogens with one attached hydrogen (secondary N) is 1. The molecular weight excluding hydrogens is 487 g/mol. The highest BCUT2D eigenvalue weighted by molar-refractivity contribution is 8.14. The predicted molar refractivity (Wildman–Crippen MR) is 125 cm³/mol. The molecule has 1 unspecified atom stereocenters. The van der Waals surface area contributed by atoms with E-state index in [4.69, 9.17) is 4.74 Å². The molecule has 12 heteroatoms. The van der Waals surface area contributed by atoms with Gasteiger partial charge in [0.25, 0.3) is 5.91 Å². The molecule has 1 aliphatic rings. The second-order valence-corrected chi connectivity index (χ2v) is 8.60. The Morgan fingerprint density at radius 2 is 1.83 bits per heavy atom. The van der Waals surface area contributed by atoms with E-state index < -0.39 is 23.8 Å². The number of ketones is 1. The summed E-state index contributed by atoms with van der Waals surface area (Å²) < 4.78 is 47.7. The number of rotatable bonds is 8. The molecule has 2 aromatic carbocycles. The third-order valence-corrected chi connectivity index (χ3v) is 6.16. The summed E-state index contributed by atoms with van der Waals surface area (Å²) in [5.41, 5.74) is 1.90. The molecule has 0 radical (unpaired) electrons. The molecule has 0 aliphatic carbocycles. The van der Waals surface area contributed by atoms with Crippen molar-refractivity contribution in [2.75, 3.05) is 12.4 Å². The van der Waals surface area contributed by atoms with Gasteiger partial charge in [-0.2, -0.15) is 5.10 Å². The molecule has 3 rings (SSSR count). The fourth-order valence-corrected chi connectivity index (χ4v) is 4.15. The van der Waals surface area contributed by atoms with Crippen LogP contribution in [0.2, 0.25) is 0 Å². The SMILES string of the molecule is CCC1SC(=O)N(Cc2ccc(NC(=O)C(C)=O)cc2)N=C1c1ccc(OC)c(OC(F)(F)F)c1. The fraction of sp³-hybridized carbons (Fsp3) is 0.304. The number of anilines is 1. The summed E-state index contributed by atoms with van der Waals surface area (Å²) in [6.45, 7) is 3.10. The van der Waals surface area contributed by atoms with Crippen LogP contribution in [0.25, 0.3) is 0 Å². The highest BCUT2D eigenvalue weighted by Gasteiger charge is 2.34. The van der Waals surface area contributed by atoms with E-state index in [1.54, 1.807) is 30.3 Å². The lowest BCUT2D eigenvalue weighted by Crippen LogP contribution is -2.34. The summed E-state index contributed by atoms with van der Waals surface area (Å²) in [4.78, 5) is 35.3. The minimum atomic E-state index is -4.91. The van der Waals surface area contributed by atoms with Gasteiger partial charge in [-0.15, -0.1) is 13.2 Å².